The van der Waals surface area contributed by atoms with Crippen LogP contribution in [0.5, 0.6) is 0 Å². The second kappa shape index (κ2) is 9.84. The van der Waals surface area contributed by atoms with Crippen molar-refractivity contribution in [3.8, 4) is 0 Å². The second-order valence-electron chi connectivity index (χ2n) is 7.72. The molecule has 0 radical (unpaired) electrons. The maximum Gasteiger partial charge on any atom is 0.412 e. The van der Waals surface area contributed by atoms with Gasteiger partial charge in [-0.15, -0.1) is 24.0 Å². The SMILES string of the molecule is CC(C)(C)NC(N)=NCCc1ccc(NC(=O)OC(C)(C)C)cc1.I. The fourth-order valence-electron chi connectivity index (χ4n) is 1.91. The summed E-state index contributed by atoms with van der Waals surface area (Å²) in [4.78, 5) is 16.0. The van der Waals surface area contributed by atoms with Crippen LogP contribution in [-0.4, -0.2) is 29.7 Å². The number of benzene rings is 1. The fourth-order valence-corrected chi connectivity index (χ4v) is 1.91. The van der Waals surface area contributed by atoms with Crippen LogP contribution < -0.4 is 16.4 Å². The summed E-state index contributed by atoms with van der Waals surface area (Å²) >= 11 is 0. The Balaban J connectivity index is 0.00000576. The number of guanidine groups is 1. The average Bonchev–Trinajstić information content (AvgIpc) is 2.36. The van der Waals surface area contributed by atoms with Gasteiger partial charge in [-0.25, -0.2) is 4.79 Å². The molecule has 0 fully saturated rings. The third-order valence-electron chi connectivity index (χ3n) is 2.78. The summed E-state index contributed by atoms with van der Waals surface area (Å²) in [6.07, 6.45) is 0.320. The largest absolute Gasteiger partial charge is 0.444 e. The molecule has 0 aliphatic carbocycles. The van der Waals surface area contributed by atoms with Crippen molar-refractivity contribution in [3.63, 3.8) is 0 Å². The van der Waals surface area contributed by atoms with E-state index in [-0.39, 0.29) is 29.5 Å². The van der Waals surface area contributed by atoms with E-state index in [4.69, 9.17) is 10.5 Å². The lowest BCUT2D eigenvalue weighted by molar-refractivity contribution is 0.0636. The van der Waals surface area contributed by atoms with Crippen LogP contribution in [0, 0.1) is 0 Å². The van der Waals surface area contributed by atoms with Gasteiger partial charge >= 0.3 is 6.09 Å². The number of halogens is 1. The molecule has 0 heterocycles. The lowest BCUT2D eigenvalue weighted by Gasteiger charge is -2.21. The van der Waals surface area contributed by atoms with Crippen LogP contribution >= 0.6 is 24.0 Å². The van der Waals surface area contributed by atoms with Gasteiger partial charge in [0.2, 0.25) is 0 Å². The van der Waals surface area contributed by atoms with Crippen LogP contribution in [0.1, 0.15) is 47.1 Å². The van der Waals surface area contributed by atoms with Gasteiger partial charge < -0.3 is 15.8 Å². The summed E-state index contributed by atoms with van der Waals surface area (Å²) < 4.78 is 5.21. The number of carbonyl (C=O) groups excluding carboxylic acids is 1. The van der Waals surface area contributed by atoms with Gasteiger partial charge in [-0.3, -0.25) is 10.3 Å². The predicted molar refractivity (Wildman–Crippen MR) is 115 cm³/mol. The molecule has 6 nitrogen and oxygen atoms in total. The van der Waals surface area contributed by atoms with Crippen LogP contribution in [0.4, 0.5) is 10.5 Å². The number of nitrogens with one attached hydrogen (secondary N) is 2. The first-order valence-corrected chi connectivity index (χ1v) is 8.12. The molecule has 25 heavy (non-hydrogen) atoms. The van der Waals surface area contributed by atoms with E-state index in [0.717, 1.165) is 12.0 Å². The Labute approximate surface area is 168 Å². The first-order chi connectivity index (χ1) is 10.9. The quantitative estimate of drug-likeness (QED) is 0.360. The fraction of sp³-hybridized carbons (Fsp3) is 0.556. The van der Waals surface area contributed by atoms with Crippen molar-refractivity contribution in [2.75, 3.05) is 11.9 Å². The van der Waals surface area contributed by atoms with Crippen LogP contribution in [0.15, 0.2) is 29.3 Å². The molecular formula is C18H31IN4O2. The van der Waals surface area contributed by atoms with Crippen LogP contribution in [0.2, 0.25) is 0 Å². The van der Waals surface area contributed by atoms with E-state index in [0.29, 0.717) is 18.2 Å². The zero-order valence-corrected chi connectivity index (χ0v) is 18.3. The standard InChI is InChI=1S/C18H30N4O2.HI/c1-17(2,3)22-15(19)20-12-11-13-7-9-14(10-8-13)21-16(23)24-18(4,5)6;/h7-10H,11-12H2,1-6H3,(H,21,23)(H3,19,20,22);1H. The molecule has 7 heteroatoms. The molecule has 0 unspecified atom stereocenters. The molecule has 0 bridgehead atoms. The number of aliphatic imine (C=N–C) groups is 1. The Bertz CT molecular complexity index is 572. The lowest BCUT2D eigenvalue weighted by atomic mass is 10.1. The van der Waals surface area contributed by atoms with Gasteiger partial charge in [-0.05, 0) is 65.7 Å². The van der Waals surface area contributed by atoms with Gasteiger partial charge in [-0.1, -0.05) is 12.1 Å². The number of hydrogen-bond donors (Lipinski definition) is 3. The zero-order valence-electron chi connectivity index (χ0n) is 16.0. The molecule has 0 aliphatic heterocycles. The molecule has 0 aliphatic rings. The van der Waals surface area contributed by atoms with Crippen molar-refractivity contribution in [2.45, 2.75) is 59.1 Å². The lowest BCUT2D eigenvalue weighted by Crippen LogP contribution is -2.45. The number of ether oxygens (including phenoxy) is 1. The Hall–Kier alpha value is -1.51. The molecule has 4 N–H and O–H groups in total. The Kier molecular flexibility index (Phi) is 9.24. The van der Waals surface area contributed by atoms with E-state index >= 15 is 0 Å². The first-order valence-electron chi connectivity index (χ1n) is 8.12. The molecule has 0 aromatic heterocycles. The summed E-state index contributed by atoms with van der Waals surface area (Å²) in [7, 11) is 0. The van der Waals surface area contributed by atoms with E-state index in [1.807, 2.05) is 65.8 Å². The molecule has 142 valence electrons. The second-order valence-corrected chi connectivity index (χ2v) is 7.72. The van der Waals surface area contributed by atoms with Crippen LogP contribution in [0.3, 0.4) is 0 Å². The molecule has 1 rings (SSSR count). The minimum atomic E-state index is -0.511. The minimum absolute atomic E-state index is 0. The number of anilines is 1. The zero-order chi connectivity index (χ0) is 18.4. The summed E-state index contributed by atoms with van der Waals surface area (Å²) in [6.45, 7) is 12.2. The third kappa shape index (κ3) is 11.6. The van der Waals surface area contributed by atoms with E-state index in [9.17, 15) is 4.79 Å². The van der Waals surface area contributed by atoms with E-state index in [1.165, 1.54) is 0 Å². The number of amides is 1. The van der Waals surface area contributed by atoms with Gasteiger partial charge in [0.05, 0.1) is 0 Å². The Morgan fingerprint density at radius 3 is 2.16 bits per heavy atom. The molecule has 0 saturated carbocycles. The van der Waals surface area contributed by atoms with Gasteiger partial charge in [0.15, 0.2) is 5.96 Å². The van der Waals surface area contributed by atoms with Gasteiger partial charge in [-0.2, -0.15) is 0 Å². The number of rotatable bonds is 4. The summed E-state index contributed by atoms with van der Waals surface area (Å²) in [5.41, 5.74) is 7.05. The molecule has 1 aromatic carbocycles. The summed E-state index contributed by atoms with van der Waals surface area (Å²) in [5, 5.41) is 5.83. The number of carbonyl (C=O) groups is 1. The third-order valence-corrected chi connectivity index (χ3v) is 2.78. The normalized spacial score (nSPS) is 12.2. The van der Waals surface area contributed by atoms with Crippen molar-refractivity contribution >= 4 is 41.7 Å². The highest BCUT2D eigenvalue weighted by Gasteiger charge is 2.16. The number of hydrogen-bond acceptors (Lipinski definition) is 3. The highest BCUT2D eigenvalue weighted by molar-refractivity contribution is 14.0. The molecule has 0 spiro atoms. The van der Waals surface area contributed by atoms with Crippen molar-refractivity contribution in [3.05, 3.63) is 29.8 Å². The van der Waals surface area contributed by atoms with Gasteiger partial charge in [0.1, 0.15) is 5.60 Å². The molecular weight excluding hydrogens is 431 g/mol. The molecule has 0 saturated heterocycles. The molecule has 1 amide bonds. The van der Waals surface area contributed by atoms with Crippen molar-refractivity contribution in [2.24, 2.45) is 10.7 Å². The summed E-state index contributed by atoms with van der Waals surface area (Å²) in [5.74, 6) is 0.450. The summed E-state index contributed by atoms with van der Waals surface area (Å²) in [6, 6.07) is 7.60. The van der Waals surface area contributed by atoms with Crippen molar-refractivity contribution < 1.29 is 9.53 Å². The van der Waals surface area contributed by atoms with Crippen LogP contribution in [-0.2, 0) is 11.2 Å². The number of nitrogens with zero attached hydrogens (tertiary/aromatic N) is 1. The van der Waals surface area contributed by atoms with Crippen LogP contribution in [0.25, 0.3) is 0 Å². The van der Waals surface area contributed by atoms with E-state index in [2.05, 4.69) is 15.6 Å². The van der Waals surface area contributed by atoms with Crippen molar-refractivity contribution in [1.82, 2.24) is 5.32 Å². The van der Waals surface area contributed by atoms with E-state index < -0.39 is 11.7 Å². The molecule has 1 aromatic rings. The monoisotopic (exact) mass is 462 g/mol. The first kappa shape index (κ1) is 23.5. The van der Waals surface area contributed by atoms with Gasteiger partial charge in [0.25, 0.3) is 0 Å². The smallest absolute Gasteiger partial charge is 0.412 e. The number of nitrogens with two attached hydrogens (primary N) is 1. The molecule has 0 atom stereocenters. The Morgan fingerprint density at radius 1 is 1.12 bits per heavy atom. The highest BCUT2D eigenvalue weighted by atomic mass is 127. The maximum atomic E-state index is 11.7. The van der Waals surface area contributed by atoms with E-state index in [1.54, 1.807) is 0 Å². The average molecular weight is 462 g/mol. The minimum Gasteiger partial charge on any atom is -0.444 e. The highest BCUT2D eigenvalue weighted by Crippen LogP contribution is 2.13. The Morgan fingerprint density at radius 2 is 1.68 bits per heavy atom. The maximum absolute atomic E-state index is 11.7. The van der Waals surface area contributed by atoms with Gasteiger partial charge in [0, 0.05) is 17.8 Å². The topological polar surface area (TPSA) is 88.7 Å². The predicted octanol–water partition coefficient (Wildman–Crippen LogP) is 3.90. The van der Waals surface area contributed by atoms with Crippen molar-refractivity contribution in [1.29, 1.82) is 0 Å².